The van der Waals surface area contributed by atoms with Gasteiger partial charge >= 0.3 is 5.97 Å². The van der Waals surface area contributed by atoms with Crippen LogP contribution in [0, 0.1) is 0 Å². The van der Waals surface area contributed by atoms with Gasteiger partial charge in [0.25, 0.3) is 0 Å². The van der Waals surface area contributed by atoms with E-state index in [-0.39, 0.29) is 0 Å². The molecular weight excluding hydrogens is 344 g/mol. The standard InChI is InChI=1S/C21H24N2O4/c1-3-27-20-10-14(8-9-19(20)26-2)12-22-18(21(24)25)11-15-13-23-17-7-5-4-6-16(15)17/h4-10,13,18,22-23H,3,11-12H2,1-2H3,(H,24,25). The zero-order valence-corrected chi connectivity index (χ0v) is 15.5. The molecule has 0 saturated carbocycles. The molecule has 0 amide bonds. The topological polar surface area (TPSA) is 83.6 Å². The van der Waals surface area contributed by atoms with E-state index in [9.17, 15) is 9.90 Å². The lowest BCUT2D eigenvalue weighted by Crippen LogP contribution is -2.38. The Kier molecular flexibility index (Phi) is 5.98. The molecule has 0 aliphatic heterocycles. The summed E-state index contributed by atoms with van der Waals surface area (Å²) < 4.78 is 10.9. The van der Waals surface area contributed by atoms with Crippen LogP contribution < -0.4 is 14.8 Å². The molecule has 0 bridgehead atoms. The van der Waals surface area contributed by atoms with E-state index in [2.05, 4.69) is 10.3 Å². The van der Waals surface area contributed by atoms with E-state index in [1.807, 2.05) is 55.6 Å². The average molecular weight is 368 g/mol. The molecule has 0 aliphatic rings. The second-order valence-corrected chi connectivity index (χ2v) is 6.25. The zero-order chi connectivity index (χ0) is 19.2. The predicted octanol–water partition coefficient (Wildman–Crippen LogP) is 3.36. The minimum absolute atomic E-state index is 0.397. The van der Waals surface area contributed by atoms with Crippen molar-refractivity contribution in [3.05, 3.63) is 59.8 Å². The van der Waals surface area contributed by atoms with Crippen LogP contribution in [0.15, 0.2) is 48.7 Å². The van der Waals surface area contributed by atoms with Gasteiger partial charge in [-0.25, -0.2) is 0 Å². The van der Waals surface area contributed by atoms with E-state index in [0.717, 1.165) is 22.0 Å². The molecule has 6 heteroatoms. The lowest BCUT2D eigenvalue weighted by Gasteiger charge is -2.16. The van der Waals surface area contributed by atoms with Crippen LogP contribution >= 0.6 is 0 Å². The molecule has 0 aliphatic carbocycles. The molecule has 0 radical (unpaired) electrons. The summed E-state index contributed by atoms with van der Waals surface area (Å²) in [6, 6.07) is 12.8. The number of ether oxygens (including phenoxy) is 2. The second kappa shape index (κ2) is 8.60. The molecule has 6 nitrogen and oxygen atoms in total. The van der Waals surface area contributed by atoms with E-state index in [1.165, 1.54) is 0 Å². The molecule has 3 rings (SSSR count). The first-order valence-electron chi connectivity index (χ1n) is 8.93. The number of rotatable bonds is 9. The van der Waals surface area contributed by atoms with Gasteiger partial charge in [0.15, 0.2) is 11.5 Å². The van der Waals surface area contributed by atoms with Gasteiger partial charge in [0, 0.05) is 30.1 Å². The number of aromatic nitrogens is 1. The van der Waals surface area contributed by atoms with Crippen LogP contribution in [-0.4, -0.2) is 35.8 Å². The number of aromatic amines is 1. The number of hydrogen-bond acceptors (Lipinski definition) is 4. The van der Waals surface area contributed by atoms with Crippen LogP contribution in [0.2, 0.25) is 0 Å². The Hall–Kier alpha value is -2.99. The molecule has 27 heavy (non-hydrogen) atoms. The summed E-state index contributed by atoms with van der Waals surface area (Å²) in [6.07, 6.45) is 2.27. The predicted molar refractivity (Wildman–Crippen MR) is 104 cm³/mol. The number of carboxylic acids is 1. The number of benzene rings is 2. The highest BCUT2D eigenvalue weighted by Gasteiger charge is 2.19. The minimum atomic E-state index is -0.876. The average Bonchev–Trinajstić information content (AvgIpc) is 3.08. The SMILES string of the molecule is CCOc1cc(CNC(Cc2c[nH]c3ccccc23)C(=O)O)ccc1OC. The third-order valence-electron chi connectivity index (χ3n) is 4.48. The van der Waals surface area contributed by atoms with Crippen LogP contribution in [0.5, 0.6) is 11.5 Å². The molecule has 142 valence electrons. The van der Waals surface area contributed by atoms with Crippen LogP contribution in [0.4, 0.5) is 0 Å². The van der Waals surface area contributed by atoms with E-state index in [4.69, 9.17) is 9.47 Å². The number of carboxylic acid groups (broad SMARTS) is 1. The normalized spacial score (nSPS) is 12.1. The number of aliphatic carboxylic acids is 1. The van der Waals surface area contributed by atoms with Crippen LogP contribution in [0.3, 0.4) is 0 Å². The number of nitrogens with one attached hydrogen (secondary N) is 2. The van der Waals surface area contributed by atoms with Gasteiger partial charge in [-0.05, 0) is 36.2 Å². The van der Waals surface area contributed by atoms with E-state index >= 15 is 0 Å². The maximum absolute atomic E-state index is 11.7. The maximum Gasteiger partial charge on any atom is 0.321 e. The second-order valence-electron chi connectivity index (χ2n) is 6.25. The highest BCUT2D eigenvalue weighted by atomic mass is 16.5. The number of hydrogen-bond donors (Lipinski definition) is 3. The molecular formula is C21H24N2O4. The number of methoxy groups -OCH3 is 1. The molecule has 1 heterocycles. The van der Waals surface area contributed by atoms with Crippen LogP contribution in [0.1, 0.15) is 18.1 Å². The molecule has 2 aromatic carbocycles. The molecule has 0 fully saturated rings. The summed E-state index contributed by atoms with van der Waals surface area (Å²) in [5.41, 5.74) is 2.92. The fourth-order valence-corrected chi connectivity index (χ4v) is 3.11. The molecule has 1 unspecified atom stereocenters. The Morgan fingerprint density at radius 3 is 2.78 bits per heavy atom. The number of carbonyl (C=O) groups is 1. The number of fused-ring (bicyclic) bond motifs is 1. The smallest absolute Gasteiger partial charge is 0.321 e. The number of para-hydroxylation sites is 1. The van der Waals surface area contributed by atoms with Crippen molar-refractivity contribution in [1.82, 2.24) is 10.3 Å². The van der Waals surface area contributed by atoms with Crippen molar-refractivity contribution >= 4 is 16.9 Å². The van der Waals surface area contributed by atoms with Gasteiger partial charge < -0.3 is 24.9 Å². The van der Waals surface area contributed by atoms with Crippen molar-refractivity contribution < 1.29 is 19.4 Å². The van der Waals surface area contributed by atoms with Gasteiger partial charge in [-0.2, -0.15) is 0 Å². The maximum atomic E-state index is 11.7. The first-order chi connectivity index (χ1) is 13.1. The van der Waals surface area contributed by atoms with Crippen molar-refractivity contribution in [1.29, 1.82) is 0 Å². The summed E-state index contributed by atoms with van der Waals surface area (Å²) in [5.74, 6) is 0.441. The Morgan fingerprint density at radius 2 is 2.04 bits per heavy atom. The van der Waals surface area contributed by atoms with Gasteiger partial charge in [-0.15, -0.1) is 0 Å². The summed E-state index contributed by atoms with van der Waals surface area (Å²) >= 11 is 0. The molecule has 3 aromatic rings. The van der Waals surface area contributed by atoms with E-state index in [1.54, 1.807) is 7.11 Å². The molecule has 1 aromatic heterocycles. The Bertz CT molecular complexity index is 919. The van der Waals surface area contributed by atoms with E-state index in [0.29, 0.717) is 31.1 Å². The number of H-pyrrole nitrogens is 1. The minimum Gasteiger partial charge on any atom is -0.493 e. The van der Waals surface area contributed by atoms with Gasteiger partial charge in [0.1, 0.15) is 6.04 Å². The van der Waals surface area contributed by atoms with E-state index < -0.39 is 12.0 Å². The Labute approximate surface area is 158 Å². The fourth-order valence-electron chi connectivity index (χ4n) is 3.11. The summed E-state index contributed by atoms with van der Waals surface area (Å²) in [5, 5.41) is 13.8. The summed E-state index contributed by atoms with van der Waals surface area (Å²) in [6.45, 7) is 2.86. The Morgan fingerprint density at radius 1 is 1.22 bits per heavy atom. The molecule has 0 spiro atoms. The third kappa shape index (κ3) is 4.41. The zero-order valence-electron chi connectivity index (χ0n) is 15.5. The largest absolute Gasteiger partial charge is 0.493 e. The van der Waals surface area contributed by atoms with Gasteiger partial charge in [-0.1, -0.05) is 24.3 Å². The van der Waals surface area contributed by atoms with Crippen LogP contribution in [-0.2, 0) is 17.8 Å². The van der Waals surface area contributed by atoms with Crippen molar-refractivity contribution in [2.45, 2.75) is 25.9 Å². The molecule has 0 saturated heterocycles. The molecule has 3 N–H and O–H groups in total. The van der Waals surface area contributed by atoms with Gasteiger partial charge in [-0.3, -0.25) is 4.79 Å². The lowest BCUT2D eigenvalue weighted by atomic mass is 10.0. The first-order valence-corrected chi connectivity index (χ1v) is 8.93. The first kappa shape index (κ1) is 18.8. The van der Waals surface area contributed by atoms with Crippen molar-refractivity contribution in [3.63, 3.8) is 0 Å². The quantitative estimate of drug-likeness (QED) is 0.539. The van der Waals surface area contributed by atoms with Crippen molar-refractivity contribution in [3.8, 4) is 11.5 Å². The third-order valence-corrected chi connectivity index (χ3v) is 4.48. The lowest BCUT2D eigenvalue weighted by molar-refractivity contribution is -0.139. The summed E-state index contributed by atoms with van der Waals surface area (Å²) in [4.78, 5) is 14.9. The van der Waals surface area contributed by atoms with Crippen LogP contribution in [0.25, 0.3) is 10.9 Å². The fraction of sp³-hybridized carbons (Fsp3) is 0.286. The monoisotopic (exact) mass is 368 g/mol. The van der Waals surface area contributed by atoms with Crippen molar-refractivity contribution in [2.75, 3.05) is 13.7 Å². The summed E-state index contributed by atoms with van der Waals surface area (Å²) in [7, 11) is 1.59. The van der Waals surface area contributed by atoms with Gasteiger partial charge in [0.2, 0.25) is 0 Å². The highest BCUT2D eigenvalue weighted by molar-refractivity contribution is 5.84. The Balaban J connectivity index is 1.72. The van der Waals surface area contributed by atoms with Gasteiger partial charge in [0.05, 0.1) is 13.7 Å². The molecule has 1 atom stereocenters. The highest BCUT2D eigenvalue weighted by Crippen LogP contribution is 2.28. The van der Waals surface area contributed by atoms with Crippen molar-refractivity contribution in [2.24, 2.45) is 0 Å².